The Morgan fingerprint density at radius 3 is 2.38 bits per heavy atom. The summed E-state index contributed by atoms with van der Waals surface area (Å²) >= 11 is 0. The van der Waals surface area contributed by atoms with Gasteiger partial charge in [0, 0.05) is 12.6 Å². The Balaban J connectivity index is 2.41. The normalized spacial score (nSPS) is 13.2. The van der Waals surface area contributed by atoms with E-state index in [4.69, 9.17) is 5.73 Å². The highest BCUT2D eigenvalue weighted by atomic mass is 15.1. The van der Waals surface area contributed by atoms with Crippen molar-refractivity contribution in [2.75, 3.05) is 20.6 Å². The molecule has 0 aromatic heterocycles. The molecule has 2 nitrogen and oxygen atoms in total. The van der Waals surface area contributed by atoms with Crippen LogP contribution in [0.1, 0.15) is 5.56 Å². The third kappa shape index (κ3) is 4.06. The Morgan fingerprint density at radius 2 is 1.85 bits per heavy atom. The average molecular weight is 178 g/mol. The molecule has 1 aromatic carbocycles. The van der Waals surface area contributed by atoms with E-state index in [1.54, 1.807) is 0 Å². The lowest BCUT2D eigenvalue weighted by Crippen LogP contribution is -2.34. The lowest BCUT2D eigenvalue weighted by molar-refractivity contribution is 0.371. The Labute approximate surface area is 80.4 Å². The van der Waals surface area contributed by atoms with Crippen LogP contribution in [0.5, 0.6) is 0 Å². The van der Waals surface area contributed by atoms with E-state index in [2.05, 4.69) is 29.2 Å². The second-order valence-corrected chi connectivity index (χ2v) is 3.71. The summed E-state index contributed by atoms with van der Waals surface area (Å²) in [6.07, 6.45) is 0.957. The molecule has 0 bridgehead atoms. The zero-order chi connectivity index (χ0) is 9.68. The van der Waals surface area contributed by atoms with Crippen LogP contribution in [0.4, 0.5) is 0 Å². The summed E-state index contributed by atoms with van der Waals surface area (Å²) in [5, 5.41) is 0. The van der Waals surface area contributed by atoms with Crippen molar-refractivity contribution in [1.82, 2.24) is 4.90 Å². The predicted octanol–water partition coefficient (Wildman–Crippen LogP) is 1.12. The fourth-order valence-corrected chi connectivity index (χ4v) is 1.45. The van der Waals surface area contributed by atoms with Gasteiger partial charge in [-0.2, -0.15) is 0 Å². The summed E-state index contributed by atoms with van der Waals surface area (Å²) in [6.45, 7) is 0.939. The summed E-state index contributed by atoms with van der Waals surface area (Å²) in [4.78, 5) is 2.12. The van der Waals surface area contributed by atoms with Gasteiger partial charge in [0.05, 0.1) is 0 Å². The van der Waals surface area contributed by atoms with Gasteiger partial charge in [0.25, 0.3) is 0 Å². The van der Waals surface area contributed by atoms with Gasteiger partial charge in [-0.1, -0.05) is 30.3 Å². The molecule has 2 N–H and O–H groups in total. The van der Waals surface area contributed by atoms with E-state index in [9.17, 15) is 0 Å². The fraction of sp³-hybridized carbons (Fsp3) is 0.455. The molecular weight excluding hydrogens is 160 g/mol. The van der Waals surface area contributed by atoms with Crippen molar-refractivity contribution >= 4 is 0 Å². The molecule has 13 heavy (non-hydrogen) atoms. The zero-order valence-corrected chi connectivity index (χ0v) is 8.40. The van der Waals surface area contributed by atoms with E-state index in [0.29, 0.717) is 0 Å². The van der Waals surface area contributed by atoms with Crippen molar-refractivity contribution in [1.29, 1.82) is 0 Å². The van der Waals surface area contributed by atoms with Crippen molar-refractivity contribution in [3.05, 3.63) is 35.9 Å². The summed E-state index contributed by atoms with van der Waals surface area (Å²) in [7, 11) is 4.09. The fourth-order valence-electron chi connectivity index (χ4n) is 1.45. The molecule has 0 fully saturated rings. The Bertz CT molecular complexity index is 231. The number of benzene rings is 1. The highest BCUT2D eigenvalue weighted by Gasteiger charge is 2.04. The van der Waals surface area contributed by atoms with E-state index in [1.807, 2.05) is 20.2 Å². The van der Waals surface area contributed by atoms with Crippen LogP contribution in [0.15, 0.2) is 30.3 Å². The first kappa shape index (κ1) is 10.2. The molecule has 1 atom stereocenters. The molecule has 0 aliphatic rings. The Hall–Kier alpha value is -0.860. The standard InChI is InChI=1S/C11H18N2/c1-13(2)9-11(12)8-10-6-4-3-5-7-10/h3-7,11H,8-9,12H2,1-2H3/t11-/m1/s1. The molecule has 0 unspecified atom stereocenters. The molecule has 0 aliphatic heterocycles. The molecule has 1 aromatic rings. The van der Waals surface area contributed by atoms with Gasteiger partial charge in [-0.05, 0) is 26.1 Å². The van der Waals surface area contributed by atoms with E-state index < -0.39 is 0 Å². The van der Waals surface area contributed by atoms with Crippen LogP contribution in [0, 0.1) is 0 Å². The van der Waals surface area contributed by atoms with Gasteiger partial charge in [0.15, 0.2) is 0 Å². The van der Waals surface area contributed by atoms with Crippen molar-refractivity contribution in [2.45, 2.75) is 12.5 Å². The smallest absolute Gasteiger partial charge is 0.0208 e. The first-order chi connectivity index (χ1) is 6.18. The predicted molar refractivity (Wildman–Crippen MR) is 56.7 cm³/mol. The SMILES string of the molecule is CN(C)C[C@H](N)Cc1ccccc1. The number of likely N-dealkylation sites (N-methyl/N-ethyl adjacent to an activating group) is 1. The molecule has 0 saturated carbocycles. The van der Waals surface area contributed by atoms with Crippen LogP contribution in [0.25, 0.3) is 0 Å². The molecule has 0 heterocycles. The quantitative estimate of drug-likeness (QED) is 0.748. The van der Waals surface area contributed by atoms with Gasteiger partial charge in [0.1, 0.15) is 0 Å². The number of hydrogen-bond acceptors (Lipinski definition) is 2. The van der Waals surface area contributed by atoms with E-state index in [1.165, 1.54) is 5.56 Å². The van der Waals surface area contributed by atoms with Crippen LogP contribution in [0.2, 0.25) is 0 Å². The van der Waals surface area contributed by atoms with Crippen LogP contribution in [-0.2, 0) is 6.42 Å². The summed E-state index contributed by atoms with van der Waals surface area (Å²) < 4.78 is 0. The maximum Gasteiger partial charge on any atom is 0.0208 e. The molecule has 0 saturated heterocycles. The summed E-state index contributed by atoms with van der Waals surface area (Å²) in [6, 6.07) is 10.6. The van der Waals surface area contributed by atoms with E-state index in [0.717, 1.165) is 13.0 Å². The topological polar surface area (TPSA) is 29.3 Å². The van der Waals surface area contributed by atoms with E-state index >= 15 is 0 Å². The third-order valence-electron chi connectivity index (χ3n) is 1.94. The summed E-state index contributed by atoms with van der Waals surface area (Å²) in [5.41, 5.74) is 7.28. The molecule has 2 heteroatoms. The number of nitrogens with zero attached hydrogens (tertiary/aromatic N) is 1. The first-order valence-corrected chi connectivity index (χ1v) is 4.62. The Morgan fingerprint density at radius 1 is 1.23 bits per heavy atom. The van der Waals surface area contributed by atoms with Crippen molar-refractivity contribution in [3.63, 3.8) is 0 Å². The molecule has 0 amide bonds. The van der Waals surface area contributed by atoms with Gasteiger partial charge < -0.3 is 10.6 Å². The molecule has 1 rings (SSSR count). The zero-order valence-electron chi connectivity index (χ0n) is 8.40. The van der Waals surface area contributed by atoms with Gasteiger partial charge in [-0.3, -0.25) is 0 Å². The van der Waals surface area contributed by atoms with Crippen LogP contribution >= 0.6 is 0 Å². The molecular formula is C11H18N2. The van der Waals surface area contributed by atoms with Gasteiger partial charge in [-0.15, -0.1) is 0 Å². The largest absolute Gasteiger partial charge is 0.326 e. The minimum Gasteiger partial charge on any atom is -0.326 e. The third-order valence-corrected chi connectivity index (χ3v) is 1.94. The minimum absolute atomic E-state index is 0.234. The van der Waals surface area contributed by atoms with Crippen LogP contribution in [0.3, 0.4) is 0 Å². The van der Waals surface area contributed by atoms with Gasteiger partial charge in [0.2, 0.25) is 0 Å². The minimum atomic E-state index is 0.234. The van der Waals surface area contributed by atoms with Gasteiger partial charge in [-0.25, -0.2) is 0 Å². The maximum absolute atomic E-state index is 5.96. The maximum atomic E-state index is 5.96. The second kappa shape index (κ2) is 5.00. The van der Waals surface area contributed by atoms with Crippen molar-refractivity contribution < 1.29 is 0 Å². The van der Waals surface area contributed by atoms with Crippen molar-refractivity contribution in [3.8, 4) is 0 Å². The lowest BCUT2D eigenvalue weighted by atomic mass is 10.1. The second-order valence-electron chi connectivity index (χ2n) is 3.71. The first-order valence-electron chi connectivity index (χ1n) is 4.62. The molecule has 72 valence electrons. The summed E-state index contributed by atoms with van der Waals surface area (Å²) in [5.74, 6) is 0. The molecule has 0 spiro atoms. The monoisotopic (exact) mass is 178 g/mol. The molecule has 0 radical (unpaired) electrons. The van der Waals surface area contributed by atoms with Crippen LogP contribution < -0.4 is 5.73 Å². The Kier molecular flexibility index (Phi) is 3.93. The number of nitrogens with two attached hydrogens (primary N) is 1. The van der Waals surface area contributed by atoms with Gasteiger partial charge >= 0.3 is 0 Å². The average Bonchev–Trinajstić information content (AvgIpc) is 2.04. The van der Waals surface area contributed by atoms with Crippen molar-refractivity contribution in [2.24, 2.45) is 5.73 Å². The highest BCUT2D eigenvalue weighted by molar-refractivity contribution is 5.15. The number of rotatable bonds is 4. The number of hydrogen-bond donors (Lipinski definition) is 1. The van der Waals surface area contributed by atoms with Crippen LogP contribution in [-0.4, -0.2) is 31.6 Å². The highest BCUT2D eigenvalue weighted by Crippen LogP contribution is 2.01. The van der Waals surface area contributed by atoms with E-state index in [-0.39, 0.29) is 6.04 Å². The molecule has 0 aliphatic carbocycles. The lowest BCUT2D eigenvalue weighted by Gasteiger charge is -2.16.